The summed E-state index contributed by atoms with van der Waals surface area (Å²) >= 11 is 5.17. The van der Waals surface area contributed by atoms with Gasteiger partial charge >= 0.3 is 0 Å². The minimum atomic E-state index is 0.556. The van der Waals surface area contributed by atoms with Crippen LogP contribution in [0.4, 0.5) is 0 Å². The molecule has 3 aromatic rings. The Morgan fingerprint density at radius 1 is 1.12 bits per heavy atom. The van der Waals surface area contributed by atoms with Crippen LogP contribution in [0.2, 0.25) is 0 Å². The van der Waals surface area contributed by atoms with E-state index >= 15 is 0 Å². The highest BCUT2D eigenvalue weighted by Gasteiger charge is 2.00. The molecule has 0 saturated carbocycles. The molecule has 0 amide bonds. The molecule has 0 fully saturated rings. The second kappa shape index (κ2) is 3.57. The van der Waals surface area contributed by atoms with E-state index in [1.807, 2.05) is 30.3 Å². The number of hydrogen-bond donors (Lipinski definition) is 0. The zero-order valence-corrected chi connectivity index (χ0v) is 9.11. The van der Waals surface area contributed by atoms with E-state index < -0.39 is 0 Å². The molecule has 0 aliphatic carbocycles. The van der Waals surface area contributed by atoms with Crippen LogP contribution in [0, 0.1) is 4.64 Å². The zero-order valence-electron chi connectivity index (χ0n) is 8.29. The van der Waals surface area contributed by atoms with Crippen molar-refractivity contribution in [1.82, 2.24) is 15.0 Å². The lowest BCUT2D eigenvalue weighted by molar-refractivity contribution is 1.23. The largest absolute Gasteiger partial charge is 0.244 e. The second-order valence-electron chi connectivity index (χ2n) is 3.44. The molecule has 0 radical (unpaired) electrons. The Kier molecular flexibility index (Phi) is 2.08. The predicted octanol–water partition coefficient (Wildman–Crippen LogP) is 2.91. The Balaban J connectivity index is 2.72. The molecule has 0 N–H and O–H groups in total. The summed E-state index contributed by atoms with van der Waals surface area (Å²) in [7, 11) is 0. The van der Waals surface area contributed by atoms with Crippen LogP contribution in [0.5, 0.6) is 0 Å². The summed E-state index contributed by atoms with van der Waals surface area (Å²) in [6, 6.07) is 9.66. The number of rotatable bonds is 0. The molecule has 76 valence electrons. The maximum absolute atomic E-state index is 5.17. The number of para-hydroxylation sites is 1. The molecule has 0 saturated heterocycles. The Hall–Kier alpha value is -1.94. The lowest BCUT2D eigenvalue weighted by Gasteiger charge is -1.93. The van der Waals surface area contributed by atoms with E-state index in [1.165, 1.54) is 6.33 Å². The average molecular weight is 225 g/mol. The van der Waals surface area contributed by atoms with Crippen LogP contribution in [0.3, 0.4) is 0 Å². The maximum atomic E-state index is 5.17. The molecule has 16 heavy (non-hydrogen) atoms. The van der Waals surface area contributed by atoms with E-state index in [9.17, 15) is 0 Å². The minimum Gasteiger partial charge on any atom is -0.244 e. The fourth-order valence-electron chi connectivity index (χ4n) is 1.73. The molecular weight excluding hydrogens is 218 g/mol. The molecule has 0 aliphatic heterocycles. The Morgan fingerprint density at radius 3 is 2.94 bits per heavy atom. The first-order valence-electron chi connectivity index (χ1n) is 4.84. The second-order valence-corrected chi connectivity index (χ2v) is 3.86. The molecule has 1 aromatic carbocycles. The standard InChI is InChI=1S/C12H7N3S/c16-11-5-8-6-13-7-14-12(8)9-3-1-2-4-10(9)15-11/h1-7H. The topological polar surface area (TPSA) is 38.7 Å². The third-order valence-corrected chi connectivity index (χ3v) is 2.62. The van der Waals surface area contributed by atoms with Crippen LogP contribution in [0.15, 0.2) is 42.9 Å². The van der Waals surface area contributed by atoms with Crippen molar-refractivity contribution >= 4 is 34.0 Å². The van der Waals surface area contributed by atoms with E-state index in [4.69, 9.17) is 12.2 Å². The molecule has 2 aromatic heterocycles. The van der Waals surface area contributed by atoms with Crippen molar-refractivity contribution < 1.29 is 0 Å². The molecule has 0 unspecified atom stereocenters. The molecule has 0 bridgehead atoms. The highest BCUT2D eigenvalue weighted by Crippen LogP contribution is 2.19. The zero-order chi connectivity index (χ0) is 11.0. The first-order valence-corrected chi connectivity index (χ1v) is 5.25. The summed E-state index contributed by atoms with van der Waals surface area (Å²) < 4.78 is 0.556. The SMILES string of the molecule is S=c1cc2cncnc2c2ccccc2n1. The van der Waals surface area contributed by atoms with Crippen molar-refractivity contribution in [3.63, 3.8) is 0 Å². The van der Waals surface area contributed by atoms with Crippen molar-refractivity contribution in [2.45, 2.75) is 0 Å². The fourth-order valence-corrected chi connectivity index (χ4v) is 1.95. The lowest BCUT2D eigenvalue weighted by atomic mass is 10.2. The number of nitrogens with zero attached hydrogens (tertiary/aromatic N) is 3. The fraction of sp³-hybridized carbons (Fsp3) is 0. The van der Waals surface area contributed by atoms with Gasteiger partial charge in [-0.2, -0.15) is 0 Å². The summed E-state index contributed by atoms with van der Waals surface area (Å²) in [6.45, 7) is 0. The van der Waals surface area contributed by atoms with Gasteiger partial charge in [-0.1, -0.05) is 30.4 Å². The average Bonchev–Trinajstić information content (AvgIpc) is 2.44. The minimum absolute atomic E-state index is 0.556. The van der Waals surface area contributed by atoms with Gasteiger partial charge in [-0.25, -0.2) is 15.0 Å². The third kappa shape index (κ3) is 1.44. The van der Waals surface area contributed by atoms with E-state index in [-0.39, 0.29) is 0 Å². The van der Waals surface area contributed by atoms with E-state index in [0.717, 1.165) is 21.8 Å². The van der Waals surface area contributed by atoms with Gasteiger partial charge in [-0.3, -0.25) is 0 Å². The van der Waals surface area contributed by atoms with Gasteiger partial charge < -0.3 is 0 Å². The summed E-state index contributed by atoms with van der Waals surface area (Å²) in [5.74, 6) is 0. The molecule has 0 spiro atoms. The summed E-state index contributed by atoms with van der Waals surface area (Å²) in [5.41, 5.74) is 1.75. The van der Waals surface area contributed by atoms with Gasteiger partial charge in [0.2, 0.25) is 0 Å². The van der Waals surface area contributed by atoms with Gasteiger partial charge in [-0.15, -0.1) is 0 Å². The van der Waals surface area contributed by atoms with Gasteiger partial charge in [0.25, 0.3) is 0 Å². The number of benzene rings is 1. The van der Waals surface area contributed by atoms with Crippen LogP contribution in [0.1, 0.15) is 0 Å². The predicted molar refractivity (Wildman–Crippen MR) is 65.7 cm³/mol. The van der Waals surface area contributed by atoms with Crippen LogP contribution >= 0.6 is 12.2 Å². The Labute approximate surface area is 96.8 Å². The number of hydrogen-bond acceptors (Lipinski definition) is 4. The molecule has 0 atom stereocenters. The molecule has 2 heterocycles. The normalized spacial score (nSPS) is 10.8. The van der Waals surface area contributed by atoms with Gasteiger partial charge in [0.15, 0.2) is 0 Å². The van der Waals surface area contributed by atoms with Crippen LogP contribution in [-0.2, 0) is 0 Å². The first-order chi connectivity index (χ1) is 7.84. The lowest BCUT2D eigenvalue weighted by Crippen LogP contribution is -1.79. The number of aromatic nitrogens is 3. The van der Waals surface area contributed by atoms with Gasteiger partial charge in [-0.05, 0) is 12.1 Å². The van der Waals surface area contributed by atoms with Crippen molar-refractivity contribution in [2.24, 2.45) is 0 Å². The van der Waals surface area contributed by atoms with Crippen molar-refractivity contribution in [3.8, 4) is 0 Å². The molecule has 4 heteroatoms. The van der Waals surface area contributed by atoms with Crippen LogP contribution in [-0.4, -0.2) is 15.0 Å². The Bertz CT molecular complexity index is 678. The summed E-state index contributed by atoms with van der Waals surface area (Å²) in [6.07, 6.45) is 3.30. The maximum Gasteiger partial charge on any atom is 0.127 e. The van der Waals surface area contributed by atoms with Crippen molar-refractivity contribution in [1.29, 1.82) is 0 Å². The van der Waals surface area contributed by atoms with Crippen LogP contribution in [0.25, 0.3) is 21.8 Å². The molecule has 0 aliphatic rings. The molecular formula is C12H7N3S. The van der Waals surface area contributed by atoms with Gasteiger partial charge in [0.05, 0.1) is 11.0 Å². The Morgan fingerprint density at radius 2 is 2.00 bits per heavy atom. The van der Waals surface area contributed by atoms with Crippen LogP contribution < -0.4 is 0 Å². The van der Waals surface area contributed by atoms with Crippen molar-refractivity contribution in [3.05, 3.63) is 47.5 Å². The van der Waals surface area contributed by atoms with E-state index in [2.05, 4.69) is 15.0 Å². The molecule has 3 rings (SSSR count). The molecule has 3 nitrogen and oxygen atoms in total. The highest BCUT2D eigenvalue weighted by molar-refractivity contribution is 7.71. The third-order valence-electron chi connectivity index (χ3n) is 2.41. The van der Waals surface area contributed by atoms with Gasteiger partial charge in [0, 0.05) is 17.0 Å². The highest BCUT2D eigenvalue weighted by atomic mass is 32.1. The van der Waals surface area contributed by atoms with E-state index in [1.54, 1.807) is 6.20 Å². The number of fused-ring (bicyclic) bond motifs is 3. The summed E-state index contributed by atoms with van der Waals surface area (Å²) in [5, 5.41) is 1.91. The first kappa shape index (κ1) is 9.30. The van der Waals surface area contributed by atoms with Gasteiger partial charge in [0.1, 0.15) is 11.0 Å². The van der Waals surface area contributed by atoms with E-state index in [0.29, 0.717) is 4.64 Å². The quantitative estimate of drug-likeness (QED) is 0.551. The summed E-state index contributed by atoms with van der Waals surface area (Å²) in [4.78, 5) is 12.7. The van der Waals surface area contributed by atoms with Crippen molar-refractivity contribution in [2.75, 3.05) is 0 Å². The smallest absolute Gasteiger partial charge is 0.127 e. The monoisotopic (exact) mass is 225 g/mol.